The number of hydrogen-bond donors (Lipinski definition) is 4. The van der Waals surface area contributed by atoms with Gasteiger partial charge in [-0.1, -0.05) is 54.6 Å². The van der Waals surface area contributed by atoms with Gasteiger partial charge in [-0.05, 0) is 58.9 Å². The Kier molecular flexibility index (Phi) is 5.68. The van der Waals surface area contributed by atoms with E-state index in [1.54, 1.807) is 12.1 Å². The fourth-order valence-electron chi connectivity index (χ4n) is 4.30. The van der Waals surface area contributed by atoms with Crippen LogP contribution in [0.15, 0.2) is 66.7 Å². The van der Waals surface area contributed by atoms with E-state index in [-0.39, 0.29) is 6.04 Å². The average molecular weight is 402 g/mol. The molecule has 5 nitrogen and oxygen atoms in total. The third kappa shape index (κ3) is 3.87. The SMILES string of the molecule is Cc1c(-c2ccc(C(N)=O)cc2)ccc(Cc2ccccc2)c1C1NCC(O)C1O. The van der Waals surface area contributed by atoms with Gasteiger partial charge in [-0.2, -0.15) is 0 Å². The molecule has 5 N–H and O–H groups in total. The van der Waals surface area contributed by atoms with Gasteiger partial charge in [-0.3, -0.25) is 4.79 Å². The first-order chi connectivity index (χ1) is 14.5. The maximum Gasteiger partial charge on any atom is 0.248 e. The van der Waals surface area contributed by atoms with Crippen LogP contribution in [0.4, 0.5) is 0 Å². The molecule has 1 aliphatic rings. The summed E-state index contributed by atoms with van der Waals surface area (Å²) in [7, 11) is 0. The van der Waals surface area contributed by atoms with Gasteiger partial charge in [0.05, 0.1) is 12.1 Å². The fourth-order valence-corrected chi connectivity index (χ4v) is 4.30. The van der Waals surface area contributed by atoms with Crippen LogP contribution in [0.2, 0.25) is 0 Å². The number of aliphatic hydroxyl groups is 2. The van der Waals surface area contributed by atoms with Gasteiger partial charge in [-0.15, -0.1) is 0 Å². The van der Waals surface area contributed by atoms with Crippen molar-refractivity contribution in [2.24, 2.45) is 5.73 Å². The van der Waals surface area contributed by atoms with E-state index in [1.165, 1.54) is 5.56 Å². The van der Waals surface area contributed by atoms with Gasteiger partial charge in [-0.25, -0.2) is 0 Å². The first-order valence-electron chi connectivity index (χ1n) is 10.1. The lowest BCUT2D eigenvalue weighted by atomic mass is 9.85. The average Bonchev–Trinajstić information content (AvgIpc) is 3.07. The number of rotatable bonds is 5. The lowest BCUT2D eigenvalue weighted by Crippen LogP contribution is -2.27. The first kappa shape index (κ1) is 20.3. The van der Waals surface area contributed by atoms with E-state index in [9.17, 15) is 15.0 Å². The summed E-state index contributed by atoms with van der Waals surface area (Å²) in [5.41, 5.74) is 12.2. The van der Waals surface area contributed by atoms with Crippen molar-refractivity contribution in [3.05, 3.63) is 94.5 Å². The minimum absolute atomic E-state index is 0.344. The van der Waals surface area contributed by atoms with E-state index in [0.717, 1.165) is 34.2 Å². The molecule has 1 fully saturated rings. The number of carbonyl (C=O) groups excluding carboxylic acids is 1. The highest BCUT2D eigenvalue weighted by atomic mass is 16.3. The van der Waals surface area contributed by atoms with Crippen molar-refractivity contribution in [1.29, 1.82) is 0 Å². The minimum Gasteiger partial charge on any atom is -0.389 e. The van der Waals surface area contributed by atoms with Crippen molar-refractivity contribution >= 4 is 5.91 Å². The van der Waals surface area contributed by atoms with Crippen LogP contribution >= 0.6 is 0 Å². The van der Waals surface area contributed by atoms with Crippen molar-refractivity contribution in [3.8, 4) is 11.1 Å². The molecule has 1 aliphatic heterocycles. The highest BCUT2D eigenvalue weighted by molar-refractivity contribution is 5.93. The predicted molar refractivity (Wildman–Crippen MR) is 117 cm³/mol. The summed E-state index contributed by atoms with van der Waals surface area (Å²) >= 11 is 0. The Morgan fingerprint density at radius 2 is 1.73 bits per heavy atom. The van der Waals surface area contributed by atoms with E-state index in [1.807, 2.05) is 37.3 Å². The molecule has 0 aliphatic carbocycles. The van der Waals surface area contributed by atoms with Crippen LogP contribution in [0.25, 0.3) is 11.1 Å². The van der Waals surface area contributed by atoms with Crippen molar-refractivity contribution in [1.82, 2.24) is 5.32 Å². The van der Waals surface area contributed by atoms with Gasteiger partial charge in [0.2, 0.25) is 5.91 Å². The predicted octanol–water partition coefficient (Wildman–Crippen LogP) is 2.72. The van der Waals surface area contributed by atoms with Crippen LogP contribution < -0.4 is 11.1 Å². The van der Waals surface area contributed by atoms with Gasteiger partial charge in [0.15, 0.2) is 0 Å². The zero-order valence-corrected chi connectivity index (χ0v) is 16.9. The van der Waals surface area contributed by atoms with Crippen LogP contribution in [0, 0.1) is 6.92 Å². The Morgan fingerprint density at radius 3 is 2.33 bits per heavy atom. The second kappa shape index (κ2) is 8.40. The fraction of sp³-hybridized carbons (Fsp3) is 0.240. The van der Waals surface area contributed by atoms with E-state index < -0.39 is 18.1 Å². The molecule has 0 spiro atoms. The molecule has 3 aromatic rings. The molecule has 0 aromatic heterocycles. The molecule has 30 heavy (non-hydrogen) atoms. The Balaban J connectivity index is 1.80. The van der Waals surface area contributed by atoms with Crippen molar-refractivity contribution < 1.29 is 15.0 Å². The van der Waals surface area contributed by atoms with Crippen LogP contribution in [0.3, 0.4) is 0 Å². The summed E-state index contributed by atoms with van der Waals surface area (Å²) < 4.78 is 0. The largest absolute Gasteiger partial charge is 0.389 e. The standard InChI is InChI=1S/C25H26N2O3/c1-15-20(17-7-9-18(10-8-17)25(26)30)12-11-19(13-16-5-3-2-4-6-16)22(15)23-24(29)21(28)14-27-23/h2-12,21,23-24,27-29H,13-14H2,1H3,(H2,26,30). The number of benzene rings is 3. The number of primary amides is 1. The molecule has 3 atom stereocenters. The second-order valence-corrected chi connectivity index (χ2v) is 7.86. The molecule has 1 saturated heterocycles. The molecule has 3 unspecified atom stereocenters. The molecular weight excluding hydrogens is 376 g/mol. The maximum absolute atomic E-state index is 11.4. The molecule has 154 valence electrons. The number of β-amino-alcohol motifs (C(OH)–C–C–N with tert-alkyl or cyclic N) is 1. The number of amides is 1. The minimum atomic E-state index is -0.870. The molecule has 1 amide bonds. The highest BCUT2D eigenvalue weighted by Crippen LogP contribution is 2.36. The molecule has 5 heteroatoms. The third-order valence-corrected chi connectivity index (χ3v) is 5.92. The van der Waals surface area contributed by atoms with E-state index in [2.05, 4.69) is 29.6 Å². The van der Waals surface area contributed by atoms with E-state index in [0.29, 0.717) is 12.1 Å². The van der Waals surface area contributed by atoms with Crippen molar-refractivity contribution in [2.75, 3.05) is 6.54 Å². The summed E-state index contributed by atoms with van der Waals surface area (Å²) in [6, 6.07) is 21.2. The quantitative estimate of drug-likeness (QED) is 0.528. The van der Waals surface area contributed by atoms with Gasteiger partial charge < -0.3 is 21.3 Å². The number of nitrogens with two attached hydrogens (primary N) is 1. The number of nitrogens with one attached hydrogen (secondary N) is 1. The Bertz CT molecular complexity index is 1050. The Morgan fingerprint density at radius 1 is 1.03 bits per heavy atom. The first-order valence-corrected chi connectivity index (χ1v) is 10.1. The maximum atomic E-state index is 11.4. The van der Waals surface area contributed by atoms with E-state index >= 15 is 0 Å². The monoisotopic (exact) mass is 402 g/mol. The Labute approximate surface area is 176 Å². The van der Waals surface area contributed by atoms with E-state index in [4.69, 9.17) is 5.73 Å². The van der Waals surface area contributed by atoms with Crippen LogP contribution in [0.1, 0.15) is 38.7 Å². The summed E-state index contributed by atoms with van der Waals surface area (Å²) in [6.45, 7) is 2.40. The molecular formula is C25H26N2O3. The normalized spacial score (nSPS) is 21.0. The summed E-state index contributed by atoms with van der Waals surface area (Å²) in [5.74, 6) is -0.454. The topological polar surface area (TPSA) is 95.6 Å². The lowest BCUT2D eigenvalue weighted by Gasteiger charge is -2.24. The van der Waals surface area contributed by atoms with Gasteiger partial charge in [0.1, 0.15) is 6.10 Å². The summed E-state index contributed by atoms with van der Waals surface area (Å²) in [5, 5.41) is 24.0. The van der Waals surface area contributed by atoms with Crippen molar-refractivity contribution in [3.63, 3.8) is 0 Å². The smallest absolute Gasteiger partial charge is 0.248 e. The molecule has 0 radical (unpaired) electrons. The molecule has 0 bridgehead atoms. The van der Waals surface area contributed by atoms with Crippen LogP contribution in [-0.2, 0) is 6.42 Å². The van der Waals surface area contributed by atoms with Gasteiger partial charge in [0, 0.05) is 12.1 Å². The number of carbonyl (C=O) groups is 1. The van der Waals surface area contributed by atoms with Gasteiger partial charge in [0.25, 0.3) is 0 Å². The molecule has 1 heterocycles. The highest BCUT2D eigenvalue weighted by Gasteiger charge is 2.36. The zero-order valence-electron chi connectivity index (χ0n) is 16.9. The molecule has 0 saturated carbocycles. The second-order valence-electron chi connectivity index (χ2n) is 7.86. The van der Waals surface area contributed by atoms with Gasteiger partial charge >= 0.3 is 0 Å². The van der Waals surface area contributed by atoms with Crippen molar-refractivity contribution in [2.45, 2.75) is 31.6 Å². The number of aliphatic hydroxyl groups excluding tert-OH is 2. The third-order valence-electron chi connectivity index (χ3n) is 5.92. The lowest BCUT2D eigenvalue weighted by molar-refractivity contribution is 0.0402. The molecule has 4 rings (SSSR count). The summed E-state index contributed by atoms with van der Waals surface area (Å²) in [6.07, 6.45) is -0.929. The summed E-state index contributed by atoms with van der Waals surface area (Å²) in [4.78, 5) is 11.4. The number of hydrogen-bond acceptors (Lipinski definition) is 4. The van der Waals surface area contributed by atoms with Crippen LogP contribution in [-0.4, -0.2) is 34.9 Å². The molecule has 3 aromatic carbocycles. The zero-order chi connectivity index (χ0) is 21.3. The van der Waals surface area contributed by atoms with Crippen LogP contribution in [0.5, 0.6) is 0 Å². The Hall–Kier alpha value is -2.99.